The minimum absolute atomic E-state index is 0.0291. The number of hydrazine groups is 1. The Hall–Kier alpha value is -1.78. The maximum Gasteiger partial charge on any atom is 0.240 e. The highest BCUT2D eigenvalue weighted by molar-refractivity contribution is 7.89. The second-order valence-electron chi connectivity index (χ2n) is 6.33. The smallest absolute Gasteiger partial charge is 0.240 e. The zero-order chi connectivity index (χ0) is 19.1. The summed E-state index contributed by atoms with van der Waals surface area (Å²) in [6.45, 7) is 5.86. The molecule has 0 unspecified atom stereocenters. The molecule has 7 nitrogen and oxygen atoms in total. The van der Waals surface area contributed by atoms with Crippen LogP contribution in [0.3, 0.4) is 0 Å². The molecular formula is C15H23FN4O3S2. The van der Waals surface area contributed by atoms with Gasteiger partial charge in [-0.15, -0.1) is 0 Å². The third kappa shape index (κ3) is 8.75. The lowest BCUT2D eigenvalue weighted by atomic mass is 10.1. The molecule has 0 saturated heterocycles. The predicted molar refractivity (Wildman–Crippen MR) is 97.6 cm³/mol. The van der Waals surface area contributed by atoms with Gasteiger partial charge in [0.2, 0.25) is 15.9 Å². The van der Waals surface area contributed by atoms with Crippen molar-refractivity contribution in [2.24, 2.45) is 0 Å². The quantitative estimate of drug-likeness (QED) is 0.331. The summed E-state index contributed by atoms with van der Waals surface area (Å²) in [6.07, 6.45) is 0.407. The number of thiocarbonyl (C=S) groups is 1. The van der Waals surface area contributed by atoms with Crippen molar-refractivity contribution < 1.29 is 17.6 Å². The zero-order valence-corrected chi connectivity index (χ0v) is 16.0. The van der Waals surface area contributed by atoms with E-state index in [1.54, 1.807) is 0 Å². The van der Waals surface area contributed by atoms with E-state index in [4.69, 9.17) is 12.2 Å². The Bertz CT molecular complexity index is 700. The molecule has 10 heteroatoms. The van der Waals surface area contributed by atoms with Gasteiger partial charge in [-0.05, 0) is 63.7 Å². The largest absolute Gasteiger partial charge is 0.357 e. The number of rotatable bonds is 6. The van der Waals surface area contributed by atoms with Gasteiger partial charge >= 0.3 is 0 Å². The van der Waals surface area contributed by atoms with Crippen molar-refractivity contribution in [1.29, 1.82) is 0 Å². The van der Waals surface area contributed by atoms with Crippen LogP contribution in [0.25, 0.3) is 0 Å². The van der Waals surface area contributed by atoms with Gasteiger partial charge in [0.15, 0.2) is 5.11 Å². The molecule has 1 aromatic carbocycles. The maximum atomic E-state index is 12.8. The van der Waals surface area contributed by atoms with Crippen molar-refractivity contribution in [3.63, 3.8) is 0 Å². The standard InChI is InChI=1S/C15H23FN4O3S2/c1-15(2,3)18-14(24)20-19-13(21)5-4-10-17-25(22,23)12-8-6-11(16)7-9-12/h6-9,17H,4-5,10H2,1-3H3,(H,19,21)(H2,18,20,24). The predicted octanol–water partition coefficient (Wildman–Crippen LogP) is 1.18. The van der Waals surface area contributed by atoms with Crippen LogP contribution in [0.15, 0.2) is 29.2 Å². The van der Waals surface area contributed by atoms with Gasteiger partial charge in [-0.3, -0.25) is 15.6 Å². The van der Waals surface area contributed by atoms with Crippen LogP contribution in [0.2, 0.25) is 0 Å². The summed E-state index contributed by atoms with van der Waals surface area (Å²) >= 11 is 5.01. The van der Waals surface area contributed by atoms with Crippen molar-refractivity contribution in [2.45, 2.75) is 44.0 Å². The van der Waals surface area contributed by atoms with Crippen molar-refractivity contribution >= 4 is 33.3 Å². The van der Waals surface area contributed by atoms with Gasteiger partial charge in [0.25, 0.3) is 0 Å². The van der Waals surface area contributed by atoms with Gasteiger partial charge in [0.1, 0.15) is 5.82 Å². The molecule has 25 heavy (non-hydrogen) atoms. The third-order valence-electron chi connectivity index (χ3n) is 2.80. The van der Waals surface area contributed by atoms with Crippen molar-refractivity contribution in [1.82, 2.24) is 20.9 Å². The Morgan fingerprint density at radius 3 is 2.32 bits per heavy atom. The van der Waals surface area contributed by atoms with E-state index in [1.807, 2.05) is 20.8 Å². The Labute approximate surface area is 152 Å². The minimum atomic E-state index is -3.72. The zero-order valence-electron chi connectivity index (χ0n) is 14.3. The summed E-state index contributed by atoms with van der Waals surface area (Å²) in [5.41, 5.74) is 4.77. The summed E-state index contributed by atoms with van der Waals surface area (Å²) in [5.74, 6) is -0.832. The van der Waals surface area contributed by atoms with Gasteiger partial charge in [0, 0.05) is 18.5 Å². The molecule has 1 rings (SSSR count). The molecule has 4 N–H and O–H groups in total. The summed E-state index contributed by atoms with van der Waals surface area (Å²) in [5, 5.41) is 3.26. The van der Waals surface area contributed by atoms with Gasteiger partial charge in [-0.25, -0.2) is 17.5 Å². The normalized spacial score (nSPS) is 11.7. The molecule has 0 saturated carbocycles. The van der Waals surface area contributed by atoms with Crippen LogP contribution >= 0.6 is 12.2 Å². The Balaban J connectivity index is 2.29. The number of hydrogen-bond donors (Lipinski definition) is 4. The average Bonchev–Trinajstić information content (AvgIpc) is 2.48. The van der Waals surface area contributed by atoms with E-state index in [9.17, 15) is 17.6 Å². The number of carbonyl (C=O) groups is 1. The van der Waals surface area contributed by atoms with E-state index in [0.29, 0.717) is 6.42 Å². The lowest BCUT2D eigenvalue weighted by Gasteiger charge is -2.23. The number of nitrogens with one attached hydrogen (secondary N) is 4. The highest BCUT2D eigenvalue weighted by Crippen LogP contribution is 2.09. The summed E-state index contributed by atoms with van der Waals surface area (Å²) in [4.78, 5) is 11.6. The van der Waals surface area contributed by atoms with Gasteiger partial charge in [-0.2, -0.15) is 0 Å². The van der Waals surface area contributed by atoms with Gasteiger partial charge in [-0.1, -0.05) is 0 Å². The molecule has 0 aliphatic rings. The van der Waals surface area contributed by atoms with E-state index in [1.165, 1.54) is 12.1 Å². The minimum Gasteiger partial charge on any atom is -0.357 e. The number of carbonyl (C=O) groups excluding carboxylic acids is 1. The van der Waals surface area contributed by atoms with E-state index in [2.05, 4.69) is 20.9 Å². The lowest BCUT2D eigenvalue weighted by molar-refractivity contribution is -0.121. The van der Waals surface area contributed by atoms with E-state index in [-0.39, 0.29) is 34.4 Å². The fourth-order valence-corrected chi connectivity index (χ4v) is 3.14. The van der Waals surface area contributed by atoms with Gasteiger partial charge in [0.05, 0.1) is 4.90 Å². The number of sulfonamides is 1. The summed E-state index contributed by atoms with van der Waals surface area (Å²) < 4.78 is 39.1. The van der Waals surface area contributed by atoms with Crippen LogP contribution in [-0.4, -0.2) is 31.5 Å². The monoisotopic (exact) mass is 390 g/mol. The molecule has 0 aliphatic heterocycles. The second-order valence-corrected chi connectivity index (χ2v) is 8.51. The fraction of sp³-hybridized carbons (Fsp3) is 0.467. The number of benzene rings is 1. The van der Waals surface area contributed by atoms with E-state index in [0.717, 1.165) is 12.1 Å². The molecule has 0 atom stereocenters. The number of amides is 1. The van der Waals surface area contributed by atoms with Gasteiger partial charge < -0.3 is 5.32 Å². The molecule has 0 aromatic heterocycles. The lowest BCUT2D eigenvalue weighted by Crippen LogP contribution is -2.52. The Kier molecular flexibility index (Phi) is 7.71. The second kappa shape index (κ2) is 9.07. The van der Waals surface area contributed by atoms with Crippen molar-refractivity contribution in [2.75, 3.05) is 6.54 Å². The molecular weight excluding hydrogens is 367 g/mol. The topological polar surface area (TPSA) is 99.3 Å². The first-order valence-corrected chi connectivity index (χ1v) is 9.51. The van der Waals surface area contributed by atoms with Crippen LogP contribution < -0.4 is 20.9 Å². The third-order valence-corrected chi connectivity index (χ3v) is 4.48. The first-order chi connectivity index (χ1) is 11.5. The van der Waals surface area contributed by atoms with Crippen LogP contribution in [0.5, 0.6) is 0 Å². The average molecular weight is 391 g/mol. The SMILES string of the molecule is CC(C)(C)NC(=S)NNC(=O)CCCNS(=O)(=O)c1ccc(F)cc1. The first-order valence-electron chi connectivity index (χ1n) is 7.62. The molecule has 1 amide bonds. The Morgan fingerprint density at radius 1 is 1.16 bits per heavy atom. The molecule has 0 spiro atoms. The molecule has 0 heterocycles. The van der Waals surface area contributed by atoms with E-state index < -0.39 is 15.8 Å². The van der Waals surface area contributed by atoms with Crippen LogP contribution in [0.4, 0.5) is 4.39 Å². The van der Waals surface area contributed by atoms with E-state index >= 15 is 0 Å². The molecule has 0 fully saturated rings. The van der Waals surface area contributed by atoms with Crippen molar-refractivity contribution in [3.05, 3.63) is 30.1 Å². The number of hydrogen-bond acceptors (Lipinski definition) is 4. The molecule has 1 aromatic rings. The molecule has 140 valence electrons. The number of halogens is 1. The fourth-order valence-electron chi connectivity index (χ4n) is 1.71. The summed E-state index contributed by atoms with van der Waals surface area (Å²) in [6, 6.07) is 4.50. The molecule has 0 bridgehead atoms. The Morgan fingerprint density at radius 2 is 1.76 bits per heavy atom. The highest BCUT2D eigenvalue weighted by Gasteiger charge is 2.14. The molecule has 0 aliphatic carbocycles. The van der Waals surface area contributed by atoms with Crippen LogP contribution in [0.1, 0.15) is 33.6 Å². The maximum absolute atomic E-state index is 12.8. The summed E-state index contributed by atoms with van der Waals surface area (Å²) in [7, 11) is -3.72. The van der Waals surface area contributed by atoms with Crippen LogP contribution in [-0.2, 0) is 14.8 Å². The molecule has 0 radical (unpaired) electrons. The van der Waals surface area contributed by atoms with Crippen molar-refractivity contribution in [3.8, 4) is 0 Å². The van der Waals surface area contributed by atoms with Crippen LogP contribution in [0, 0.1) is 5.82 Å². The highest BCUT2D eigenvalue weighted by atomic mass is 32.2. The first kappa shape index (κ1) is 21.3.